The van der Waals surface area contributed by atoms with Crippen LogP contribution in [0.1, 0.15) is 6.42 Å². The van der Waals surface area contributed by atoms with Crippen molar-refractivity contribution in [2.45, 2.75) is 12.5 Å². The first-order valence-corrected chi connectivity index (χ1v) is 6.05. The van der Waals surface area contributed by atoms with Crippen LogP contribution in [0.5, 0.6) is 0 Å². The van der Waals surface area contributed by atoms with Crippen LogP contribution in [0.25, 0.3) is 0 Å². The van der Waals surface area contributed by atoms with E-state index in [9.17, 15) is 4.79 Å². The van der Waals surface area contributed by atoms with Gasteiger partial charge in [-0.05, 0) is 18.4 Å². The molecule has 7 nitrogen and oxygen atoms in total. The molecule has 0 aromatic carbocycles. The Balaban J connectivity index is -0.000000208. The van der Waals surface area contributed by atoms with Gasteiger partial charge in [0, 0.05) is 10.4 Å². The monoisotopic (exact) mass is 309 g/mol. The van der Waals surface area contributed by atoms with Crippen LogP contribution in [-0.2, 0) is 34.7 Å². The summed E-state index contributed by atoms with van der Waals surface area (Å²) in [5, 5.41) is 8.27. The molecule has 0 bridgehead atoms. The maximum atomic E-state index is 10.1. The molecule has 0 aliphatic heterocycles. The molecule has 0 rings (SSSR count). The van der Waals surface area contributed by atoms with Gasteiger partial charge in [0.15, 0.2) is 0 Å². The minimum absolute atomic E-state index is 0. The van der Waals surface area contributed by atoms with Crippen molar-refractivity contribution in [1.82, 2.24) is 0 Å². The second-order valence-corrected chi connectivity index (χ2v) is 3.94. The minimum atomic E-state index is -5.17. The maximum absolute atomic E-state index is 10.1. The van der Waals surface area contributed by atoms with E-state index in [2.05, 4.69) is 0 Å². The van der Waals surface area contributed by atoms with Crippen LogP contribution in [0, 0.1) is 0 Å². The number of aliphatic carboxylic acids is 1. The Kier molecular flexibility index (Phi) is 14.8. The van der Waals surface area contributed by atoms with E-state index >= 15 is 0 Å². The van der Waals surface area contributed by atoms with Crippen molar-refractivity contribution < 1.29 is 46.9 Å². The van der Waals surface area contributed by atoms with Crippen molar-refractivity contribution in [1.29, 1.82) is 0 Å². The molecule has 1 atom stereocenters. The quantitative estimate of drug-likeness (QED) is 0.375. The molecule has 0 amide bonds. The molecule has 0 unspecified atom stereocenters. The molecule has 0 aliphatic carbocycles. The van der Waals surface area contributed by atoms with Crippen LogP contribution in [0.4, 0.5) is 0 Å². The summed E-state index contributed by atoms with van der Waals surface area (Å²) in [7, 11) is -5.17. The van der Waals surface area contributed by atoms with Crippen LogP contribution >= 0.6 is 11.8 Å². The number of carboxylic acid groups (broad SMARTS) is 1. The van der Waals surface area contributed by atoms with Gasteiger partial charge in [0.05, 0.1) is 0 Å². The van der Waals surface area contributed by atoms with E-state index in [0.717, 1.165) is 5.75 Å². The third-order valence-electron chi connectivity index (χ3n) is 0.950. The number of hydrogen-bond acceptors (Lipinski definition) is 7. The van der Waals surface area contributed by atoms with Gasteiger partial charge >= 0.3 is 25.4 Å². The van der Waals surface area contributed by atoms with Gasteiger partial charge in [-0.3, -0.25) is 13.2 Å². The summed E-state index contributed by atoms with van der Waals surface area (Å²) < 4.78 is 34.1. The third kappa shape index (κ3) is 31.4. The Bertz CT molecular complexity index is 248. The molecular formula is C5H11NO6S2Zn. The Morgan fingerprint density at radius 2 is 1.87 bits per heavy atom. The third-order valence-corrected chi connectivity index (χ3v) is 1.59. The van der Waals surface area contributed by atoms with Crippen LogP contribution in [0.15, 0.2) is 0 Å². The number of carboxylic acids is 1. The smallest absolute Gasteiger partial charge is 0.759 e. The fourth-order valence-electron chi connectivity index (χ4n) is 0.368. The summed E-state index contributed by atoms with van der Waals surface area (Å²) >= 11 is 1.60. The van der Waals surface area contributed by atoms with E-state index in [1.807, 2.05) is 6.26 Å². The average Bonchev–Trinajstić information content (AvgIpc) is 1.96. The molecule has 86 valence electrons. The zero-order valence-electron chi connectivity index (χ0n) is 8.08. The molecule has 0 saturated carbocycles. The summed E-state index contributed by atoms with van der Waals surface area (Å²) in [6.45, 7) is 0. The molecule has 0 radical (unpaired) electrons. The van der Waals surface area contributed by atoms with E-state index in [1.54, 1.807) is 11.8 Å². The van der Waals surface area contributed by atoms with Crippen LogP contribution in [-0.4, -0.2) is 46.6 Å². The Hall–Kier alpha value is 0.273. The molecule has 0 heterocycles. The standard InChI is InChI=1S/C5H11NO2S.H2O4S.Zn/c1-9-3-2-4(6)5(7)8;1-5(2,3)4;/h4H,2-3,6H2,1H3,(H,7,8);(H2,1,2,3,4);/q;;+2/p-2/t4-;;/m1../s1. The first kappa shape index (κ1) is 20.7. The Morgan fingerprint density at radius 3 is 2.07 bits per heavy atom. The molecule has 0 aliphatic rings. The van der Waals surface area contributed by atoms with E-state index in [1.165, 1.54) is 0 Å². The molecule has 3 N–H and O–H groups in total. The molecule has 0 aromatic heterocycles. The van der Waals surface area contributed by atoms with Crippen molar-refractivity contribution in [3.63, 3.8) is 0 Å². The van der Waals surface area contributed by atoms with E-state index in [4.69, 9.17) is 28.4 Å². The number of nitrogens with two attached hydrogens (primary N) is 1. The van der Waals surface area contributed by atoms with Crippen LogP contribution < -0.4 is 5.73 Å². The van der Waals surface area contributed by atoms with Gasteiger partial charge in [-0.25, -0.2) is 0 Å². The van der Waals surface area contributed by atoms with Crippen LogP contribution in [0.3, 0.4) is 0 Å². The maximum Gasteiger partial charge on any atom is 2.00 e. The molecule has 0 fully saturated rings. The predicted molar refractivity (Wildman–Crippen MR) is 49.1 cm³/mol. The largest absolute Gasteiger partial charge is 2.00 e. The number of rotatable bonds is 4. The summed E-state index contributed by atoms with van der Waals surface area (Å²) in [6, 6.07) is -0.683. The van der Waals surface area contributed by atoms with Gasteiger partial charge in [-0.2, -0.15) is 11.8 Å². The van der Waals surface area contributed by atoms with Gasteiger partial charge in [-0.1, -0.05) is 0 Å². The zero-order chi connectivity index (χ0) is 11.8. The fourth-order valence-corrected chi connectivity index (χ4v) is 0.858. The SMILES string of the molecule is CSCC[C@@H](N)C(=O)O.O=S(=O)([O-])[O-].[Zn+2]. The van der Waals surface area contributed by atoms with Crippen molar-refractivity contribution in [2.24, 2.45) is 5.73 Å². The first-order valence-electron chi connectivity index (χ1n) is 3.32. The molecule has 0 saturated heterocycles. The summed E-state index contributed by atoms with van der Waals surface area (Å²) in [4.78, 5) is 10.1. The van der Waals surface area contributed by atoms with Crippen molar-refractivity contribution in [3.05, 3.63) is 0 Å². The molecular weight excluding hydrogens is 300 g/mol. The van der Waals surface area contributed by atoms with Gasteiger partial charge in [-0.15, -0.1) is 0 Å². The zero-order valence-corrected chi connectivity index (χ0v) is 12.7. The summed E-state index contributed by atoms with van der Waals surface area (Å²) in [6.07, 6.45) is 2.48. The normalized spacial score (nSPS) is 11.7. The summed E-state index contributed by atoms with van der Waals surface area (Å²) in [5.41, 5.74) is 5.19. The van der Waals surface area contributed by atoms with E-state index in [-0.39, 0.29) is 19.5 Å². The predicted octanol–water partition coefficient (Wildman–Crippen LogP) is -1.19. The van der Waals surface area contributed by atoms with Gasteiger partial charge < -0.3 is 19.9 Å². The topological polar surface area (TPSA) is 144 Å². The molecule has 0 spiro atoms. The summed E-state index contributed by atoms with van der Waals surface area (Å²) in [5.74, 6) is -0.1000. The Labute approximate surface area is 105 Å². The minimum Gasteiger partial charge on any atom is -0.759 e. The molecule has 0 aromatic rings. The second-order valence-electron chi connectivity index (χ2n) is 2.13. The Morgan fingerprint density at radius 1 is 1.53 bits per heavy atom. The van der Waals surface area contributed by atoms with Gasteiger partial charge in [0.1, 0.15) is 6.04 Å². The second kappa shape index (κ2) is 10.8. The molecule has 10 heteroatoms. The fraction of sp³-hybridized carbons (Fsp3) is 0.800. The number of hydrogen-bond donors (Lipinski definition) is 2. The van der Waals surface area contributed by atoms with Gasteiger partial charge in [0.25, 0.3) is 0 Å². The van der Waals surface area contributed by atoms with Crippen molar-refractivity contribution >= 4 is 28.1 Å². The van der Waals surface area contributed by atoms with Gasteiger partial charge in [0.2, 0.25) is 0 Å². The average molecular weight is 311 g/mol. The van der Waals surface area contributed by atoms with Crippen molar-refractivity contribution in [3.8, 4) is 0 Å². The van der Waals surface area contributed by atoms with E-state index in [0.29, 0.717) is 6.42 Å². The van der Waals surface area contributed by atoms with Crippen LogP contribution in [0.2, 0.25) is 0 Å². The number of carbonyl (C=O) groups is 1. The molecule has 15 heavy (non-hydrogen) atoms. The number of thioether (sulfide) groups is 1. The first-order chi connectivity index (χ1) is 6.18. The van der Waals surface area contributed by atoms with E-state index < -0.39 is 22.4 Å². The van der Waals surface area contributed by atoms with Crippen molar-refractivity contribution in [2.75, 3.05) is 12.0 Å².